The van der Waals surface area contributed by atoms with E-state index >= 15 is 0 Å². The first-order chi connectivity index (χ1) is 10.9. The number of Topliss-reactive ketones (excluding diaryl/α,β-unsaturated/α-hetero) is 1. The van der Waals surface area contributed by atoms with Gasteiger partial charge < -0.3 is 0 Å². The van der Waals surface area contributed by atoms with E-state index in [1.54, 1.807) is 0 Å². The van der Waals surface area contributed by atoms with Crippen molar-refractivity contribution in [1.82, 2.24) is 0 Å². The van der Waals surface area contributed by atoms with Gasteiger partial charge in [0.2, 0.25) is 0 Å². The molecule has 0 heterocycles. The number of fused-ring (bicyclic) bond motifs is 5. The summed E-state index contributed by atoms with van der Waals surface area (Å²) >= 11 is 0. The Kier molecular flexibility index (Phi) is 3.75. The average Bonchev–Trinajstić information content (AvgIpc) is 2.85. The Balaban J connectivity index is 0.00000113. The maximum atomic E-state index is 12.2. The van der Waals surface area contributed by atoms with Gasteiger partial charge in [0.1, 0.15) is 5.78 Å². The van der Waals surface area contributed by atoms with Gasteiger partial charge in [-0.05, 0) is 98.7 Å². The summed E-state index contributed by atoms with van der Waals surface area (Å²) in [5.74, 6) is 5.50. The highest BCUT2D eigenvalue weighted by molar-refractivity contribution is 5.79. The highest BCUT2D eigenvalue weighted by Crippen LogP contribution is 2.67. The minimum atomic E-state index is 0. The zero-order valence-corrected chi connectivity index (χ0v) is 15.7. The van der Waals surface area contributed by atoms with Crippen molar-refractivity contribution in [2.75, 3.05) is 0 Å². The molecule has 0 amide bonds. The molecule has 4 saturated carbocycles. The van der Waals surface area contributed by atoms with Crippen LogP contribution in [0.5, 0.6) is 0 Å². The average molecular weight is 323 g/mol. The van der Waals surface area contributed by atoms with Gasteiger partial charge in [0.15, 0.2) is 0 Å². The molecule has 4 rings (SSSR count). The fraction of sp³-hybridized carbons (Fsp3) is 0.955. The molecule has 4 aliphatic carbocycles. The summed E-state index contributed by atoms with van der Waals surface area (Å²) in [5, 5.41) is 0. The molecule has 0 aromatic rings. The molecule has 0 N–H and O–H groups in total. The summed E-state index contributed by atoms with van der Waals surface area (Å²) in [5.41, 5.74) is 0.948. The molecule has 8 atom stereocenters. The van der Waals surface area contributed by atoms with Gasteiger partial charge in [0, 0.05) is 10.2 Å². The molecule has 4 fully saturated rings. The normalized spacial score (nSPS) is 55.7. The van der Waals surface area contributed by atoms with Crippen LogP contribution in [0.2, 0.25) is 0 Å². The molecule has 136 valence electrons. The van der Waals surface area contributed by atoms with E-state index < -0.39 is 0 Å². The Morgan fingerprint density at radius 3 is 2.35 bits per heavy atom. The summed E-state index contributed by atoms with van der Waals surface area (Å²) in [6, 6.07) is 0. The van der Waals surface area contributed by atoms with E-state index in [9.17, 15) is 4.79 Å². The van der Waals surface area contributed by atoms with Crippen molar-refractivity contribution < 1.29 is 9.07 Å². The second-order valence-electron chi connectivity index (χ2n) is 10.3. The van der Waals surface area contributed by atoms with Gasteiger partial charge in [-0.3, -0.25) is 4.79 Å². The van der Waals surface area contributed by atoms with Gasteiger partial charge in [-0.1, -0.05) is 27.2 Å². The molecule has 0 aromatic heterocycles. The molecule has 0 aromatic carbocycles. The maximum Gasteiger partial charge on any atom is 0.133 e. The first-order valence-electron chi connectivity index (χ1n) is 10.4. The molecule has 1 nitrogen and oxygen atoms in total. The standard InChI is InChI=1S/C22H36O.3H2/c1-14-9-11-21(3)16(13-14)5-6-17-19-8-7-18(15(2)23)22(19,4)12-10-20(17)21;;;/h14,16-20H,5-13H2,1-4H3;3*1H/t14-,16?,17?,18+,19?,20?,21-,22+;;;/m0.../s1. The number of hydrogen-bond acceptors (Lipinski definition) is 1. The molecule has 0 saturated heterocycles. The zero-order chi connectivity index (χ0) is 16.4. The maximum absolute atomic E-state index is 12.2. The second-order valence-corrected chi connectivity index (χ2v) is 10.3. The van der Waals surface area contributed by atoms with E-state index in [1.165, 1.54) is 57.8 Å². The quantitative estimate of drug-likeness (QED) is 0.531. The minimum absolute atomic E-state index is 0. The van der Waals surface area contributed by atoms with Crippen LogP contribution in [0.15, 0.2) is 0 Å². The van der Waals surface area contributed by atoms with Crippen LogP contribution < -0.4 is 0 Å². The first-order valence-corrected chi connectivity index (χ1v) is 10.4. The van der Waals surface area contributed by atoms with Crippen LogP contribution in [0.1, 0.15) is 89.8 Å². The topological polar surface area (TPSA) is 17.1 Å². The highest BCUT2D eigenvalue weighted by atomic mass is 16.1. The monoisotopic (exact) mass is 322 g/mol. The third-order valence-electron chi connectivity index (χ3n) is 9.42. The van der Waals surface area contributed by atoms with Crippen LogP contribution in [0.25, 0.3) is 0 Å². The molecule has 23 heavy (non-hydrogen) atoms. The van der Waals surface area contributed by atoms with Crippen molar-refractivity contribution >= 4 is 5.78 Å². The summed E-state index contributed by atoms with van der Waals surface area (Å²) in [6.45, 7) is 9.45. The van der Waals surface area contributed by atoms with Crippen LogP contribution in [-0.4, -0.2) is 5.78 Å². The van der Waals surface area contributed by atoms with E-state index in [0.717, 1.165) is 29.6 Å². The SMILES string of the molecule is CC(=O)[C@H]1CCC2C3CCC4C[C@@H](C)CC[C@]4(C)C3CC[C@@]21C.[HH].[HH].[HH]. The Bertz CT molecular complexity index is 510. The van der Waals surface area contributed by atoms with Gasteiger partial charge in [-0.15, -0.1) is 0 Å². The minimum Gasteiger partial charge on any atom is -0.300 e. The Hall–Kier alpha value is -0.330. The summed E-state index contributed by atoms with van der Waals surface area (Å²) in [6.07, 6.45) is 12.6. The van der Waals surface area contributed by atoms with Crippen molar-refractivity contribution in [3.63, 3.8) is 0 Å². The third-order valence-corrected chi connectivity index (χ3v) is 9.42. The predicted octanol–water partition coefficient (Wildman–Crippen LogP) is 6.61. The van der Waals surface area contributed by atoms with Crippen molar-refractivity contribution in [2.45, 2.75) is 85.5 Å². The largest absolute Gasteiger partial charge is 0.300 e. The van der Waals surface area contributed by atoms with E-state index in [1.807, 2.05) is 6.92 Å². The van der Waals surface area contributed by atoms with Crippen LogP contribution >= 0.6 is 0 Å². The van der Waals surface area contributed by atoms with Crippen molar-refractivity contribution in [1.29, 1.82) is 0 Å². The van der Waals surface area contributed by atoms with Gasteiger partial charge in [0.05, 0.1) is 0 Å². The Labute approximate surface area is 147 Å². The van der Waals surface area contributed by atoms with Crippen molar-refractivity contribution in [2.24, 2.45) is 46.3 Å². The highest BCUT2D eigenvalue weighted by Gasteiger charge is 2.60. The fourth-order valence-electron chi connectivity index (χ4n) is 8.14. The van der Waals surface area contributed by atoms with E-state index in [-0.39, 0.29) is 4.28 Å². The molecule has 0 aliphatic heterocycles. The molecule has 0 bridgehead atoms. The third kappa shape index (κ3) is 2.20. The van der Waals surface area contributed by atoms with E-state index in [2.05, 4.69) is 20.8 Å². The first kappa shape index (κ1) is 16.2. The van der Waals surface area contributed by atoms with Crippen molar-refractivity contribution in [3.05, 3.63) is 0 Å². The molecule has 4 aliphatic rings. The van der Waals surface area contributed by atoms with Crippen LogP contribution in [-0.2, 0) is 4.79 Å². The number of carbonyl (C=O) groups excluding carboxylic acids is 1. The molecular formula is C22H42O. The smallest absolute Gasteiger partial charge is 0.133 e. The lowest BCUT2D eigenvalue weighted by molar-refractivity contribution is -0.135. The number of hydrogen-bond donors (Lipinski definition) is 0. The Morgan fingerprint density at radius 1 is 0.913 bits per heavy atom. The van der Waals surface area contributed by atoms with Crippen LogP contribution in [0.3, 0.4) is 0 Å². The number of carbonyl (C=O) groups is 1. The van der Waals surface area contributed by atoms with E-state index in [4.69, 9.17) is 0 Å². The molecule has 4 unspecified atom stereocenters. The number of ketones is 1. The summed E-state index contributed by atoms with van der Waals surface area (Å²) in [7, 11) is 0. The summed E-state index contributed by atoms with van der Waals surface area (Å²) < 4.78 is 0. The molecular weight excluding hydrogens is 280 g/mol. The van der Waals surface area contributed by atoms with Crippen LogP contribution in [0, 0.1) is 46.3 Å². The predicted molar refractivity (Wildman–Crippen MR) is 101 cm³/mol. The lowest BCUT2D eigenvalue weighted by Crippen LogP contribution is -2.53. The Morgan fingerprint density at radius 2 is 1.61 bits per heavy atom. The van der Waals surface area contributed by atoms with Gasteiger partial charge in [-0.2, -0.15) is 0 Å². The second kappa shape index (κ2) is 5.33. The zero-order valence-electron chi connectivity index (χ0n) is 15.7. The van der Waals surface area contributed by atoms with Crippen molar-refractivity contribution in [3.8, 4) is 0 Å². The number of rotatable bonds is 1. The van der Waals surface area contributed by atoms with Gasteiger partial charge in [-0.25, -0.2) is 0 Å². The van der Waals surface area contributed by atoms with Gasteiger partial charge in [0.25, 0.3) is 0 Å². The molecule has 0 radical (unpaired) electrons. The molecule has 1 heteroatoms. The van der Waals surface area contributed by atoms with Crippen LogP contribution in [0.4, 0.5) is 0 Å². The van der Waals surface area contributed by atoms with E-state index in [0.29, 0.717) is 22.5 Å². The van der Waals surface area contributed by atoms with Gasteiger partial charge >= 0.3 is 0 Å². The summed E-state index contributed by atoms with van der Waals surface area (Å²) in [4.78, 5) is 12.2. The molecule has 0 spiro atoms. The lowest BCUT2D eigenvalue weighted by atomic mass is 9.44. The fourth-order valence-corrected chi connectivity index (χ4v) is 8.14. The lowest BCUT2D eigenvalue weighted by Gasteiger charge is -2.61.